The van der Waals surface area contributed by atoms with Crippen LogP contribution < -0.4 is 4.74 Å². The summed E-state index contributed by atoms with van der Waals surface area (Å²) in [6, 6.07) is 7.65. The summed E-state index contributed by atoms with van der Waals surface area (Å²) in [4.78, 5) is 15.3. The number of amidine groups is 1. The van der Waals surface area contributed by atoms with Gasteiger partial charge in [0.2, 0.25) is 0 Å². The third-order valence-corrected chi connectivity index (χ3v) is 6.28. The highest BCUT2D eigenvalue weighted by Gasteiger charge is 2.39. The summed E-state index contributed by atoms with van der Waals surface area (Å²) in [5, 5.41) is 7.27. The van der Waals surface area contributed by atoms with Gasteiger partial charge in [-0.15, -0.1) is 5.11 Å². The first kappa shape index (κ1) is 24.9. The lowest BCUT2D eigenvalue weighted by Gasteiger charge is -2.38. The fraction of sp³-hybridized carbons (Fsp3) is 0.417. The van der Waals surface area contributed by atoms with Crippen molar-refractivity contribution in [1.29, 1.82) is 0 Å². The van der Waals surface area contributed by atoms with Crippen molar-refractivity contribution in [3.8, 4) is 5.75 Å². The first-order valence-electron chi connectivity index (χ1n) is 11.0. The third kappa shape index (κ3) is 5.71. The highest BCUT2D eigenvalue weighted by molar-refractivity contribution is 5.99. The second-order valence-corrected chi connectivity index (χ2v) is 8.73. The number of ether oxygens (including phenoxy) is 1. The summed E-state index contributed by atoms with van der Waals surface area (Å²) < 4.78 is 85.1. The van der Waals surface area contributed by atoms with Crippen LogP contribution in [0.4, 0.5) is 31.1 Å². The molecule has 0 spiro atoms. The van der Waals surface area contributed by atoms with E-state index in [-0.39, 0.29) is 11.6 Å². The second-order valence-electron chi connectivity index (χ2n) is 8.73. The van der Waals surface area contributed by atoms with Crippen molar-refractivity contribution in [2.45, 2.75) is 62.9 Å². The average Bonchev–Trinajstić information content (AvgIpc) is 3.21. The summed E-state index contributed by atoms with van der Waals surface area (Å²) in [7, 11) is 0. The van der Waals surface area contributed by atoms with Crippen molar-refractivity contribution >= 4 is 11.9 Å². The largest absolute Gasteiger partial charge is 0.489 e. The van der Waals surface area contributed by atoms with E-state index < -0.39 is 41.5 Å². The topological polar surface area (TPSA) is 63.4 Å². The number of alkyl halides is 6. The number of hydrogen-bond donors (Lipinski definition) is 0. The fourth-order valence-corrected chi connectivity index (χ4v) is 4.70. The fourth-order valence-electron chi connectivity index (χ4n) is 4.70. The van der Waals surface area contributed by atoms with Gasteiger partial charge < -0.3 is 4.74 Å². The molecule has 1 aliphatic carbocycles. The first-order chi connectivity index (χ1) is 16.5. The molecule has 0 bridgehead atoms. The van der Waals surface area contributed by atoms with Crippen molar-refractivity contribution in [2.24, 2.45) is 15.2 Å². The van der Waals surface area contributed by atoms with E-state index in [1.807, 2.05) is 6.07 Å². The molecule has 0 N–H and O–H groups in total. The minimum atomic E-state index is -4.94. The second kappa shape index (κ2) is 9.43. The van der Waals surface area contributed by atoms with Gasteiger partial charge in [0.05, 0.1) is 11.1 Å². The number of azo groups is 1. The Bertz CT molecular complexity index is 1130. The van der Waals surface area contributed by atoms with Gasteiger partial charge in [-0.3, -0.25) is 0 Å². The van der Waals surface area contributed by atoms with Crippen molar-refractivity contribution in [1.82, 2.24) is 0 Å². The minimum Gasteiger partial charge on any atom is -0.489 e. The van der Waals surface area contributed by atoms with E-state index in [0.29, 0.717) is 30.1 Å². The highest BCUT2D eigenvalue weighted by Crippen LogP contribution is 2.46. The van der Waals surface area contributed by atoms with Gasteiger partial charge in [-0.05, 0) is 42.7 Å². The number of urea groups is 1. The van der Waals surface area contributed by atoms with E-state index in [0.717, 1.165) is 37.7 Å². The molecule has 0 radical (unpaired) electrons. The number of halogens is 6. The Morgan fingerprint density at radius 1 is 0.857 bits per heavy atom. The van der Waals surface area contributed by atoms with Crippen molar-refractivity contribution < 1.29 is 35.9 Å². The summed E-state index contributed by atoms with van der Waals surface area (Å²) in [6.45, 7) is -0.487. The molecule has 186 valence electrons. The normalized spacial score (nSPS) is 18.0. The number of aliphatic imine (C=N–C) groups is 1. The van der Waals surface area contributed by atoms with Crippen LogP contribution in [-0.2, 0) is 24.4 Å². The zero-order valence-electron chi connectivity index (χ0n) is 18.4. The Morgan fingerprint density at radius 3 is 2.06 bits per heavy atom. The summed E-state index contributed by atoms with van der Waals surface area (Å²) in [6.07, 6.45) is -5.27. The number of hydrogen-bond acceptors (Lipinski definition) is 3. The molecule has 11 heteroatoms. The van der Waals surface area contributed by atoms with Crippen LogP contribution in [0.5, 0.6) is 5.75 Å². The highest BCUT2D eigenvalue weighted by atomic mass is 19.4. The van der Waals surface area contributed by atoms with Crippen LogP contribution in [0.2, 0.25) is 0 Å². The summed E-state index contributed by atoms with van der Waals surface area (Å²) in [5.41, 5.74) is -2.78. The lowest BCUT2D eigenvalue weighted by atomic mass is 9.67. The number of amides is 2. The molecule has 35 heavy (non-hydrogen) atoms. The molecule has 5 nitrogen and oxygen atoms in total. The van der Waals surface area contributed by atoms with Crippen LogP contribution in [-0.4, -0.2) is 11.9 Å². The van der Waals surface area contributed by atoms with E-state index >= 15 is 0 Å². The van der Waals surface area contributed by atoms with Gasteiger partial charge in [-0.2, -0.15) is 31.3 Å². The van der Waals surface area contributed by atoms with Crippen molar-refractivity contribution in [3.63, 3.8) is 0 Å². The maximum Gasteiger partial charge on any atom is 0.416 e. The Morgan fingerprint density at radius 2 is 1.49 bits per heavy atom. The molecule has 0 unspecified atom stereocenters. The number of para-hydroxylation sites is 1. The molecule has 0 aromatic heterocycles. The van der Waals surface area contributed by atoms with E-state index in [1.54, 1.807) is 18.2 Å². The van der Waals surface area contributed by atoms with Crippen LogP contribution in [0.25, 0.3) is 0 Å². The van der Waals surface area contributed by atoms with Crippen LogP contribution >= 0.6 is 0 Å². The molecule has 0 saturated heterocycles. The maximum atomic E-state index is 13.2. The van der Waals surface area contributed by atoms with Gasteiger partial charge in [0, 0.05) is 17.4 Å². The Kier molecular flexibility index (Phi) is 6.70. The van der Waals surface area contributed by atoms with E-state index in [2.05, 4.69) is 15.2 Å². The summed E-state index contributed by atoms with van der Waals surface area (Å²) >= 11 is 0. The van der Waals surface area contributed by atoms with Crippen LogP contribution in [0.15, 0.2) is 57.7 Å². The molecule has 1 fully saturated rings. The molecular formula is C24H21F6N3O2. The van der Waals surface area contributed by atoms with Crippen molar-refractivity contribution in [2.75, 3.05) is 0 Å². The molecular weight excluding hydrogens is 476 g/mol. The van der Waals surface area contributed by atoms with Gasteiger partial charge in [0.25, 0.3) is 0 Å². The molecule has 1 saturated carbocycles. The Labute approximate surface area is 196 Å². The standard InChI is InChI=1S/C24H21F6N3O2/c25-23(26,27)16-10-15(11-17(12-16)24(28,29)30)14-35-19-7-3-2-6-18(19)22(8-4-1-5-9-22)13-20-31-21(34)33-32-20/h2-3,6-7,10-12H,1,4-5,8-9,13-14H2. The van der Waals surface area contributed by atoms with Gasteiger partial charge in [0.15, 0.2) is 5.84 Å². The first-order valence-corrected chi connectivity index (χ1v) is 11.0. The quantitative estimate of drug-likeness (QED) is 0.381. The molecule has 1 aliphatic heterocycles. The number of carbonyl (C=O) groups is 1. The van der Waals surface area contributed by atoms with E-state index in [4.69, 9.17) is 4.74 Å². The number of nitrogens with zero attached hydrogens (tertiary/aromatic N) is 3. The lowest BCUT2D eigenvalue weighted by Crippen LogP contribution is -2.32. The average molecular weight is 497 g/mol. The Balaban J connectivity index is 1.65. The third-order valence-electron chi connectivity index (χ3n) is 6.28. The minimum absolute atomic E-state index is 0.0899. The molecule has 4 rings (SSSR count). The van der Waals surface area contributed by atoms with Gasteiger partial charge >= 0.3 is 18.4 Å². The number of carbonyl (C=O) groups excluding carboxylic acids is 1. The van der Waals surface area contributed by atoms with Crippen LogP contribution in [0.1, 0.15) is 60.8 Å². The smallest absolute Gasteiger partial charge is 0.416 e. The predicted octanol–water partition coefficient (Wildman–Crippen LogP) is 7.88. The molecule has 1 heterocycles. The molecule has 2 aromatic carbocycles. The molecule has 2 aromatic rings. The van der Waals surface area contributed by atoms with Gasteiger partial charge in [-0.25, -0.2) is 4.79 Å². The van der Waals surface area contributed by atoms with Crippen molar-refractivity contribution in [3.05, 3.63) is 64.7 Å². The Hall–Kier alpha value is -3.24. The maximum absolute atomic E-state index is 13.2. The zero-order chi connectivity index (χ0) is 25.3. The van der Waals surface area contributed by atoms with Gasteiger partial charge in [-0.1, -0.05) is 42.6 Å². The predicted molar refractivity (Wildman–Crippen MR) is 114 cm³/mol. The molecule has 0 atom stereocenters. The molecule has 2 aliphatic rings. The van der Waals surface area contributed by atoms with Crippen LogP contribution in [0.3, 0.4) is 0 Å². The summed E-state index contributed by atoms with van der Waals surface area (Å²) in [5.74, 6) is 0.640. The molecule has 2 amide bonds. The van der Waals surface area contributed by atoms with E-state index in [1.165, 1.54) is 0 Å². The zero-order valence-corrected chi connectivity index (χ0v) is 18.4. The SMILES string of the molecule is O=C1N=NC(CC2(c3ccccc3OCc3cc(C(F)(F)F)cc(C(F)(F)F)c3)CCCCC2)=N1. The monoisotopic (exact) mass is 497 g/mol. The lowest BCUT2D eigenvalue weighted by molar-refractivity contribution is -0.143. The number of benzene rings is 2. The van der Waals surface area contributed by atoms with Crippen LogP contribution in [0, 0.1) is 0 Å². The van der Waals surface area contributed by atoms with Gasteiger partial charge in [0.1, 0.15) is 12.4 Å². The number of rotatable bonds is 6. The van der Waals surface area contributed by atoms with E-state index in [9.17, 15) is 31.1 Å².